The fourth-order valence-corrected chi connectivity index (χ4v) is 3.35. The lowest BCUT2D eigenvalue weighted by atomic mass is 10.0. The summed E-state index contributed by atoms with van der Waals surface area (Å²) in [6, 6.07) is 3.76. The molecule has 0 saturated carbocycles. The number of unbranched alkanes of at least 4 members (excludes halogenated alkanes) is 6. The number of rotatable bonds is 17. The molecule has 0 heterocycles. The summed E-state index contributed by atoms with van der Waals surface area (Å²) in [4.78, 5) is 0. The maximum absolute atomic E-state index is 14.0. The van der Waals surface area contributed by atoms with Gasteiger partial charge in [-0.1, -0.05) is 57.9 Å². The first-order valence-corrected chi connectivity index (χ1v) is 11.7. The number of hydrogen-bond donors (Lipinski definition) is 0. The van der Waals surface area contributed by atoms with Gasteiger partial charge in [-0.05, 0) is 58.6 Å². The molecule has 0 aromatic heterocycles. The lowest BCUT2D eigenvalue weighted by Gasteiger charge is -2.28. The molecule has 0 fully saturated rings. The molecule has 0 saturated heterocycles. The topological polar surface area (TPSA) is 27.7 Å². The summed E-state index contributed by atoms with van der Waals surface area (Å²) in [5.74, 6) is -1.05. The molecule has 0 amide bonds. The second-order valence-corrected chi connectivity index (χ2v) is 8.60. The summed E-state index contributed by atoms with van der Waals surface area (Å²) >= 11 is 0. The number of hydrogen-bond acceptors (Lipinski definition) is 3. The fraction of sp³-hybridized carbons (Fsp3) is 0.760. The van der Waals surface area contributed by atoms with E-state index in [1.54, 1.807) is 0 Å². The van der Waals surface area contributed by atoms with Gasteiger partial charge >= 0.3 is 0 Å². The summed E-state index contributed by atoms with van der Waals surface area (Å²) in [6.07, 6.45) is 10.4. The van der Waals surface area contributed by atoms with Gasteiger partial charge in [0.05, 0.1) is 18.3 Å². The first kappa shape index (κ1) is 27.0. The van der Waals surface area contributed by atoms with Crippen molar-refractivity contribution in [1.82, 2.24) is 0 Å². The highest BCUT2D eigenvalue weighted by atomic mass is 19.1. The van der Waals surface area contributed by atoms with Crippen LogP contribution in [0.15, 0.2) is 18.2 Å². The maximum Gasteiger partial charge on any atom is 0.272 e. The zero-order valence-corrected chi connectivity index (χ0v) is 19.6. The zero-order valence-electron chi connectivity index (χ0n) is 19.6. The van der Waals surface area contributed by atoms with E-state index in [-0.39, 0.29) is 18.3 Å². The molecule has 1 aromatic carbocycles. The van der Waals surface area contributed by atoms with E-state index in [4.69, 9.17) is 14.2 Å². The Morgan fingerprint density at radius 3 is 1.93 bits per heavy atom. The van der Waals surface area contributed by atoms with Crippen molar-refractivity contribution in [1.29, 1.82) is 0 Å². The van der Waals surface area contributed by atoms with E-state index < -0.39 is 18.1 Å². The molecule has 5 heteroatoms. The quantitative estimate of drug-likeness (QED) is 0.189. The summed E-state index contributed by atoms with van der Waals surface area (Å²) in [5.41, 5.74) is 0.510. The Labute approximate surface area is 182 Å². The van der Waals surface area contributed by atoms with Crippen LogP contribution in [0.3, 0.4) is 0 Å². The standard InChI is InChI=1S/C25H42F2O3/c1-6-7-8-9-10-11-12-13-23(30-25(28-19(2)3)29-20(4)5)17-15-21-14-16-22(26)18-24(21)27/h14,16,18-20,23,25H,6-13,15,17H2,1-5H3. The molecule has 0 aliphatic rings. The second-order valence-electron chi connectivity index (χ2n) is 8.60. The van der Waals surface area contributed by atoms with Crippen LogP contribution >= 0.6 is 0 Å². The molecule has 1 rings (SSSR count). The molecule has 0 N–H and O–H groups in total. The maximum atomic E-state index is 14.0. The van der Waals surface area contributed by atoms with Crippen LogP contribution < -0.4 is 0 Å². The van der Waals surface area contributed by atoms with Gasteiger partial charge in [0.15, 0.2) is 0 Å². The molecule has 0 spiro atoms. The van der Waals surface area contributed by atoms with Gasteiger partial charge in [0, 0.05) is 6.07 Å². The van der Waals surface area contributed by atoms with Crippen LogP contribution in [0.2, 0.25) is 0 Å². The van der Waals surface area contributed by atoms with Gasteiger partial charge in [0.2, 0.25) is 0 Å². The smallest absolute Gasteiger partial charge is 0.272 e. The van der Waals surface area contributed by atoms with E-state index >= 15 is 0 Å². The van der Waals surface area contributed by atoms with E-state index in [9.17, 15) is 8.78 Å². The molecule has 1 atom stereocenters. The largest absolute Gasteiger partial charge is 0.327 e. The molecule has 1 unspecified atom stereocenters. The molecule has 0 radical (unpaired) electrons. The van der Waals surface area contributed by atoms with Gasteiger partial charge < -0.3 is 14.2 Å². The number of halogens is 2. The monoisotopic (exact) mass is 428 g/mol. The van der Waals surface area contributed by atoms with Crippen LogP contribution in [-0.2, 0) is 20.6 Å². The number of benzene rings is 1. The molecule has 174 valence electrons. The highest BCUT2D eigenvalue weighted by Crippen LogP contribution is 2.20. The van der Waals surface area contributed by atoms with Crippen molar-refractivity contribution >= 4 is 0 Å². The van der Waals surface area contributed by atoms with Gasteiger partial charge in [-0.25, -0.2) is 8.78 Å². The van der Waals surface area contributed by atoms with Crippen molar-refractivity contribution < 1.29 is 23.0 Å². The minimum absolute atomic E-state index is 0.0255. The summed E-state index contributed by atoms with van der Waals surface area (Å²) < 4.78 is 44.9. The van der Waals surface area contributed by atoms with E-state index in [2.05, 4.69) is 6.92 Å². The molecule has 3 nitrogen and oxygen atoms in total. The lowest BCUT2D eigenvalue weighted by Crippen LogP contribution is -2.32. The zero-order chi connectivity index (χ0) is 22.4. The van der Waals surface area contributed by atoms with Gasteiger partial charge in [-0.2, -0.15) is 0 Å². The van der Waals surface area contributed by atoms with E-state index in [0.29, 0.717) is 18.4 Å². The van der Waals surface area contributed by atoms with Crippen molar-refractivity contribution in [2.45, 2.75) is 124 Å². The minimum Gasteiger partial charge on any atom is -0.327 e. The van der Waals surface area contributed by atoms with Crippen LogP contribution in [0.25, 0.3) is 0 Å². The SMILES string of the molecule is CCCCCCCCCC(CCc1ccc(F)cc1F)OC(OC(C)C)OC(C)C. The molecule has 1 aromatic rings. The number of aryl methyl sites for hydroxylation is 1. The van der Waals surface area contributed by atoms with E-state index in [1.165, 1.54) is 44.2 Å². The average molecular weight is 429 g/mol. The molecule has 0 aliphatic heterocycles. The summed E-state index contributed by atoms with van der Waals surface area (Å²) in [7, 11) is 0. The van der Waals surface area contributed by atoms with Gasteiger partial charge in [0.25, 0.3) is 6.48 Å². The van der Waals surface area contributed by atoms with Gasteiger partial charge in [-0.15, -0.1) is 0 Å². The van der Waals surface area contributed by atoms with Crippen molar-refractivity contribution in [2.24, 2.45) is 0 Å². The average Bonchev–Trinajstić information content (AvgIpc) is 2.65. The minimum atomic E-state index is -0.738. The van der Waals surface area contributed by atoms with Crippen LogP contribution in [0.1, 0.15) is 98.0 Å². The Balaban J connectivity index is 2.63. The van der Waals surface area contributed by atoms with Crippen molar-refractivity contribution in [3.8, 4) is 0 Å². The third kappa shape index (κ3) is 12.6. The first-order valence-electron chi connectivity index (χ1n) is 11.7. The first-order chi connectivity index (χ1) is 14.3. The molecule has 0 bridgehead atoms. The Morgan fingerprint density at radius 1 is 0.767 bits per heavy atom. The highest BCUT2D eigenvalue weighted by Gasteiger charge is 2.21. The van der Waals surface area contributed by atoms with Gasteiger partial charge in [-0.3, -0.25) is 0 Å². The van der Waals surface area contributed by atoms with E-state index in [0.717, 1.165) is 25.3 Å². The van der Waals surface area contributed by atoms with Crippen molar-refractivity contribution in [2.75, 3.05) is 0 Å². The molecular formula is C25H42F2O3. The fourth-order valence-electron chi connectivity index (χ4n) is 3.35. The Hall–Kier alpha value is -1.04. The van der Waals surface area contributed by atoms with Crippen LogP contribution in [-0.4, -0.2) is 24.8 Å². The van der Waals surface area contributed by atoms with Crippen LogP contribution in [0.5, 0.6) is 0 Å². The predicted octanol–water partition coefficient (Wildman–Crippen LogP) is 7.56. The third-order valence-electron chi connectivity index (χ3n) is 4.95. The molecular weight excluding hydrogens is 386 g/mol. The van der Waals surface area contributed by atoms with Crippen LogP contribution in [0.4, 0.5) is 8.78 Å². The highest BCUT2D eigenvalue weighted by molar-refractivity contribution is 5.18. The Kier molecular flexibility index (Phi) is 14.1. The van der Waals surface area contributed by atoms with Gasteiger partial charge in [0.1, 0.15) is 11.6 Å². The molecule has 30 heavy (non-hydrogen) atoms. The summed E-state index contributed by atoms with van der Waals surface area (Å²) in [5, 5.41) is 0. The second kappa shape index (κ2) is 15.7. The predicted molar refractivity (Wildman–Crippen MR) is 118 cm³/mol. The van der Waals surface area contributed by atoms with E-state index in [1.807, 2.05) is 27.7 Å². The summed E-state index contributed by atoms with van der Waals surface area (Å²) in [6.45, 7) is 9.26. The number of ether oxygens (including phenoxy) is 3. The van der Waals surface area contributed by atoms with Crippen molar-refractivity contribution in [3.05, 3.63) is 35.4 Å². The lowest BCUT2D eigenvalue weighted by molar-refractivity contribution is -0.327. The normalized spacial score (nSPS) is 13.0. The Morgan fingerprint density at radius 2 is 1.37 bits per heavy atom. The third-order valence-corrected chi connectivity index (χ3v) is 4.95. The molecule has 0 aliphatic carbocycles. The Bertz CT molecular complexity index is 553. The van der Waals surface area contributed by atoms with Crippen molar-refractivity contribution in [3.63, 3.8) is 0 Å². The van der Waals surface area contributed by atoms with Crippen LogP contribution in [0, 0.1) is 11.6 Å².